The molecule has 0 aliphatic heterocycles. The number of fused-ring (bicyclic) bond motifs is 1. The van der Waals surface area contributed by atoms with E-state index < -0.39 is 0 Å². The first-order valence-corrected chi connectivity index (χ1v) is 3.57. The second kappa shape index (κ2) is 2.13. The summed E-state index contributed by atoms with van der Waals surface area (Å²) in [4.78, 5) is 8.07. The summed E-state index contributed by atoms with van der Waals surface area (Å²) in [6.07, 6.45) is 3.32. The molecule has 0 unspecified atom stereocenters. The van der Waals surface area contributed by atoms with Gasteiger partial charge in [-0.05, 0) is 19.1 Å². The molecule has 0 aliphatic carbocycles. The zero-order valence-electron chi connectivity index (χ0n) is 5.90. The van der Waals surface area contributed by atoms with Crippen LogP contribution in [0.5, 0.6) is 0 Å². The molecule has 0 spiro atoms. The minimum Gasteiger partial charge on any atom is -0.280 e. The zero-order chi connectivity index (χ0) is 7.84. The van der Waals surface area contributed by atoms with Gasteiger partial charge in [0.05, 0.1) is 0 Å². The van der Waals surface area contributed by atoms with Crippen LogP contribution in [0.2, 0.25) is 0 Å². The van der Waals surface area contributed by atoms with Crippen LogP contribution in [0, 0.1) is 11.7 Å². The first-order chi connectivity index (χ1) is 5.29. The molecule has 2 heterocycles. The van der Waals surface area contributed by atoms with Gasteiger partial charge in [-0.15, -0.1) is 0 Å². The van der Waals surface area contributed by atoms with E-state index in [4.69, 9.17) is 12.2 Å². The molecule has 0 saturated heterocycles. The van der Waals surface area contributed by atoms with Crippen molar-refractivity contribution in [2.24, 2.45) is 0 Å². The molecule has 0 amide bonds. The SMILES string of the molecule is Cc1cnc(=S)n2[nH]cnc12. The molecular formula is C6H6N4S. The first kappa shape index (κ1) is 6.48. The quantitative estimate of drug-likeness (QED) is 0.596. The second-order valence-corrected chi connectivity index (χ2v) is 2.64. The number of aromatic nitrogens is 4. The molecule has 0 aromatic carbocycles. The summed E-state index contributed by atoms with van der Waals surface area (Å²) in [6.45, 7) is 1.94. The van der Waals surface area contributed by atoms with Gasteiger partial charge in [0, 0.05) is 11.8 Å². The van der Waals surface area contributed by atoms with Crippen molar-refractivity contribution in [1.82, 2.24) is 19.6 Å². The summed E-state index contributed by atoms with van der Waals surface area (Å²) in [6, 6.07) is 0. The molecule has 2 aromatic heterocycles. The van der Waals surface area contributed by atoms with Crippen molar-refractivity contribution in [2.75, 3.05) is 0 Å². The molecule has 11 heavy (non-hydrogen) atoms. The summed E-state index contributed by atoms with van der Waals surface area (Å²) >= 11 is 4.95. The van der Waals surface area contributed by atoms with Crippen LogP contribution in [0.3, 0.4) is 0 Å². The number of nitrogens with zero attached hydrogens (tertiary/aromatic N) is 3. The van der Waals surface area contributed by atoms with E-state index in [0.717, 1.165) is 11.2 Å². The maximum atomic E-state index is 4.95. The lowest BCUT2D eigenvalue weighted by Gasteiger charge is -1.93. The van der Waals surface area contributed by atoms with Gasteiger partial charge in [-0.1, -0.05) is 0 Å². The van der Waals surface area contributed by atoms with Gasteiger partial charge in [0.25, 0.3) is 0 Å². The van der Waals surface area contributed by atoms with Crippen LogP contribution < -0.4 is 0 Å². The van der Waals surface area contributed by atoms with E-state index in [0.29, 0.717) is 4.77 Å². The normalized spacial score (nSPS) is 10.6. The molecule has 1 N–H and O–H groups in total. The van der Waals surface area contributed by atoms with Crippen LogP contribution >= 0.6 is 12.2 Å². The molecule has 0 bridgehead atoms. The molecule has 56 valence electrons. The molecule has 2 rings (SSSR count). The van der Waals surface area contributed by atoms with Gasteiger partial charge in [0.1, 0.15) is 6.33 Å². The minimum absolute atomic E-state index is 0.503. The third-order valence-electron chi connectivity index (χ3n) is 1.50. The van der Waals surface area contributed by atoms with Gasteiger partial charge in [-0.2, -0.15) is 0 Å². The Balaban J connectivity index is 3.08. The summed E-state index contributed by atoms with van der Waals surface area (Å²) in [7, 11) is 0. The summed E-state index contributed by atoms with van der Waals surface area (Å²) < 4.78 is 2.17. The molecule has 0 radical (unpaired) electrons. The Morgan fingerprint density at radius 1 is 1.55 bits per heavy atom. The summed E-state index contributed by atoms with van der Waals surface area (Å²) in [5, 5.41) is 2.87. The fraction of sp³-hybridized carbons (Fsp3) is 0.167. The maximum Gasteiger partial charge on any atom is 0.220 e. The Morgan fingerprint density at radius 2 is 2.36 bits per heavy atom. The van der Waals surface area contributed by atoms with Crippen molar-refractivity contribution in [3.63, 3.8) is 0 Å². The van der Waals surface area contributed by atoms with E-state index in [1.165, 1.54) is 0 Å². The summed E-state index contributed by atoms with van der Waals surface area (Å²) in [5.74, 6) is 0. The monoisotopic (exact) mass is 166 g/mol. The van der Waals surface area contributed by atoms with Crippen LogP contribution in [0.1, 0.15) is 5.56 Å². The van der Waals surface area contributed by atoms with Crippen molar-refractivity contribution >= 4 is 17.9 Å². The largest absolute Gasteiger partial charge is 0.280 e. The predicted octanol–water partition coefficient (Wildman–Crippen LogP) is 1.10. The highest BCUT2D eigenvalue weighted by molar-refractivity contribution is 7.71. The van der Waals surface area contributed by atoms with Crippen molar-refractivity contribution in [1.29, 1.82) is 0 Å². The third-order valence-corrected chi connectivity index (χ3v) is 1.79. The van der Waals surface area contributed by atoms with E-state index in [1.54, 1.807) is 17.0 Å². The fourth-order valence-corrected chi connectivity index (χ4v) is 1.15. The lowest BCUT2D eigenvalue weighted by atomic mass is 10.4. The number of nitrogens with one attached hydrogen (secondary N) is 1. The summed E-state index contributed by atoms with van der Waals surface area (Å²) in [5.41, 5.74) is 1.85. The smallest absolute Gasteiger partial charge is 0.220 e. The number of H-pyrrole nitrogens is 1. The van der Waals surface area contributed by atoms with E-state index in [9.17, 15) is 0 Å². The van der Waals surface area contributed by atoms with Gasteiger partial charge < -0.3 is 0 Å². The molecule has 0 atom stereocenters. The zero-order valence-corrected chi connectivity index (χ0v) is 6.72. The molecule has 2 aromatic rings. The first-order valence-electron chi connectivity index (χ1n) is 3.17. The highest BCUT2D eigenvalue weighted by Crippen LogP contribution is 2.02. The van der Waals surface area contributed by atoms with E-state index >= 15 is 0 Å². The van der Waals surface area contributed by atoms with Gasteiger partial charge in [0.2, 0.25) is 4.77 Å². The van der Waals surface area contributed by atoms with E-state index in [-0.39, 0.29) is 0 Å². The molecule has 0 saturated carbocycles. The predicted molar refractivity (Wildman–Crippen MR) is 42.9 cm³/mol. The number of aryl methyl sites for hydroxylation is 1. The van der Waals surface area contributed by atoms with Crippen molar-refractivity contribution in [3.8, 4) is 0 Å². The van der Waals surface area contributed by atoms with Crippen LogP contribution in [-0.2, 0) is 0 Å². The number of hydrogen-bond donors (Lipinski definition) is 1. The van der Waals surface area contributed by atoms with Crippen LogP contribution in [0.4, 0.5) is 0 Å². The second-order valence-electron chi connectivity index (χ2n) is 2.27. The average Bonchev–Trinajstić information content (AvgIpc) is 2.45. The lowest BCUT2D eigenvalue weighted by Crippen LogP contribution is -1.93. The van der Waals surface area contributed by atoms with Gasteiger partial charge in [-0.25, -0.2) is 14.5 Å². The van der Waals surface area contributed by atoms with Gasteiger partial charge in [-0.3, -0.25) is 5.10 Å². The highest BCUT2D eigenvalue weighted by Gasteiger charge is 1.98. The number of hydrogen-bond acceptors (Lipinski definition) is 3. The van der Waals surface area contributed by atoms with E-state index in [1.807, 2.05) is 6.92 Å². The Hall–Kier alpha value is -1.23. The van der Waals surface area contributed by atoms with Gasteiger partial charge in [0.15, 0.2) is 5.65 Å². The number of aromatic amines is 1. The number of rotatable bonds is 0. The standard InChI is InChI=1S/C6H6N4S/c1-4-2-7-6(11)10-5(4)8-3-9-10/h2-3H,1H3,(H,8,9). The molecular weight excluding hydrogens is 160 g/mol. The maximum absolute atomic E-state index is 4.95. The molecule has 0 fully saturated rings. The molecule has 4 nitrogen and oxygen atoms in total. The fourth-order valence-electron chi connectivity index (χ4n) is 0.958. The van der Waals surface area contributed by atoms with Crippen molar-refractivity contribution in [3.05, 3.63) is 22.9 Å². The minimum atomic E-state index is 0.503. The molecule has 5 heteroatoms. The topological polar surface area (TPSA) is 46.0 Å². The van der Waals surface area contributed by atoms with Crippen molar-refractivity contribution < 1.29 is 0 Å². The Labute approximate surface area is 67.9 Å². The Kier molecular flexibility index (Phi) is 1.25. The highest BCUT2D eigenvalue weighted by atomic mass is 32.1. The third kappa shape index (κ3) is 0.848. The lowest BCUT2D eigenvalue weighted by molar-refractivity contribution is 0.894. The Morgan fingerprint density at radius 3 is 3.09 bits per heavy atom. The van der Waals surface area contributed by atoms with Crippen LogP contribution in [0.25, 0.3) is 5.65 Å². The average molecular weight is 166 g/mol. The van der Waals surface area contributed by atoms with Crippen LogP contribution in [-0.4, -0.2) is 19.6 Å². The molecule has 0 aliphatic rings. The van der Waals surface area contributed by atoms with Crippen molar-refractivity contribution in [2.45, 2.75) is 6.92 Å². The van der Waals surface area contributed by atoms with Gasteiger partial charge >= 0.3 is 0 Å². The Bertz CT molecular complexity index is 441. The van der Waals surface area contributed by atoms with Crippen LogP contribution in [0.15, 0.2) is 12.5 Å². The van der Waals surface area contributed by atoms with E-state index in [2.05, 4.69) is 15.1 Å².